The van der Waals surface area contributed by atoms with Gasteiger partial charge in [-0.15, -0.1) is 24.0 Å². The number of amides is 1. The first kappa shape index (κ1) is 27.3. The predicted octanol–water partition coefficient (Wildman–Crippen LogP) is 2.94. The lowest BCUT2D eigenvalue weighted by Gasteiger charge is -2.17. The Morgan fingerprint density at radius 3 is 2.31 bits per heavy atom. The van der Waals surface area contributed by atoms with E-state index < -0.39 is 0 Å². The second-order valence-corrected chi connectivity index (χ2v) is 7.00. The Hall–Kier alpha value is -2.69. The number of nitrogens with zero attached hydrogens (tertiary/aromatic N) is 2. The van der Waals surface area contributed by atoms with E-state index >= 15 is 0 Å². The Morgan fingerprint density at radius 2 is 1.72 bits per heavy atom. The van der Waals surface area contributed by atoms with Crippen LogP contribution in [-0.4, -0.2) is 65.8 Å². The highest BCUT2D eigenvalue weighted by Crippen LogP contribution is 2.39. The molecular weight excluding hydrogens is 523 g/mol. The summed E-state index contributed by atoms with van der Waals surface area (Å²) in [7, 11) is 9.99. The van der Waals surface area contributed by atoms with Crippen molar-refractivity contribution < 1.29 is 19.0 Å². The zero-order chi connectivity index (χ0) is 22.8. The lowest BCUT2D eigenvalue weighted by Crippen LogP contribution is -2.38. The van der Waals surface area contributed by atoms with E-state index in [0.717, 1.165) is 17.5 Å². The minimum Gasteiger partial charge on any atom is -0.493 e. The molecule has 0 aliphatic carbocycles. The van der Waals surface area contributed by atoms with Gasteiger partial charge in [0, 0.05) is 45.4 Å². The number of hydrogen-bond donors (Lipinski definition) is 2. The second kappa shape index (κ2) is 13.7. The first-order chi connectivity index (χ1) is 14.9. The van der Waals surface area contributed by atoms with Gasteiger partial charge in [0.15, 0.2) is 17.5 Å². The van der Waals surface area contributed by atoms with E-state index in [2.05, 4.69) is 15.6 Å². The SMILES string of the molecule is CN=C(NCCc1cccc(C(=O)N(C)C)c1)NCc1ccc(OC)c(OC)c1OC.I. The van der Waals surface area contributed by atoms with Gasteiger partial charge in [-0.25, -0.2) is 0 Å². The zero-order valence-corrected chi connectivity index (χ0v) is 21.9. The minimum atomic E-state index is -0.00356. The maximum atomic E-state index is 12.1. The zero-order valence-electron chi connectivity index (χ0n) is 19.5. The van der Waals surface area contributed by atoms with Gasteiger partial charge in [-0.3, -0.25) is 9.79 Å². The van der Waals surface area contributed by atoms with Crippen molar-refractivity contribution in [3.63, 3.8) is 0 Å². The van der Waals surface area contributed by atoms with Crippen molar-refractivity contribution in [1.29, 1.82) is 0 Å². The highest BCUT2D eigenvalue weighted by molar-refractivity contribution is 14.0. The number of aliphatic imine (C=N–C) groups is 1. The van der Waals surface area contributed by atoms with Crippen LogP contribution in [0.15, 0.2) is 41.4 Å². The number of carbonyl (C=O) groups excluding carboxylic acids is 1. The molecule has 32 heavy (non-hydrogen) atoms. The largest absolute Gasteiger partial charge is 0.493 e. The van der Waals surface area contributed by atoms with Crippen molar-refractivity contribution in [2.75, 3.05) is 49.0 Å². The number of benzene rings is 2. The van der Waals surface area contributed by atoms with E-state index in [1.54, 1.807) is 47.4 Å². The fraction of sp³-hybridized carbons (Fsp3) is 0.391. The van der Waals surface area contributed by atoms with Gasteiger partial charge < -0.3 is 29.7 Å². The number of guanidine groups is 1. The fourth-order valence-electron chi connectivity index (χ4n) is 3.15. The average Bonchev–Trinajstić information content (AvgIpc) is 2.79. The number of methoxy groups -OCH3 is 3. The summed E-state index contributed by atoms with van der Waals surface area (Å²) in [6.45, 7) is 1.17. The fourth-order valence-corrected chi connectivity index (χ4v) is 3.15. The molecule has 0 aromatic heterocycles. The predicted molar refractivity (Wildman–Crippen MR) is 138 cm³/mol. The summed E-state index contributed by atoms with van der Waals surface area (Å²) in [6, 6.07) is 11.4. The van der Waals surface area contributed by atoms with Crippen molar-refractivity contribution in [1.82, 2.24) is 15.5 Å². The summed E-state index contributed by atoms with van der Waals surface area (Å²) in [5.74, 6) is 2.45. The minimum absolute atomic E-state index is 0. The molecule has 0 fully saturated rings. The molecular formula is C23H33IN4O4. The van der Waals surface area contributed by atoms with Gasteiger partial charge in [0.1, 0.15) is 0 Å². The standard InChI is InChI=1S/C23H32N4O4.HI/c1-24-23(25-13-12-16-8-7-9-17(14-16)22(28)27(2)3)26-15-18-10-11-19(29-4)21(31-6)20(18)30-5;/h7-11,14H,12-13,15H2,1-6H3,(H2,24,25,26);1H. The average molecular weight is 556 g/mol. The summed E-state index contributed by atoms with van der Waals surface area (Å²) in [6.07, 6.45) is 0.759. The van der Waals surface area contributed by atoms with Crippen LogP contribution in [-0.2, 0) is 13.0 Å². The lowest BCUT2D eigenvalue weighted by molar-refractivity contribution is 0.0827. The number of nitrogens with one attached hydrogen (secondary N) is 2. The van der Waals surface area contributed by atoms with Crippen molar-refractivity contribution in [2.24, 2.45) is 4.99 Å². The molecule has 2 aromatic carbocycles. The normalized spacial score (nSPS) is 10.6. The molecule has 0 radical (unpaired) electrons. The molecule has 0 atom stereocenters. The summed E-state index contributed by atoms with van der Waals surface area (Å²) in [4.78, 5) is 18.0. The Kier molecular flexibility index (Phi) is 11.7. The van der Waals surface area contributed by atoms with Crippen LogP contribution in [0.4, 0.5) is 0 Å². The molecule has 2 rings (SSSR count). The summed E-state index contributed by atoms with van der Waals surface area (Å²) >= 11 is 0. The maximum Gasteiger partial charge on any atom is 0.253 e. The van der Waals surface area contributed by atoms with Crippen LogP contribution in [0.2, 0.25) is 0 Å². The highest BCUT2D eigenvalue weighted by atomic mass is 127. The number of ether oxygens (including phenoxy) is 3. The topological polar surface area (TPSA) is 84.4 Å². The molecule has 9 heteroatoms. The van der Waals surface area contributed by atoms with Crippen molar-refractivity contribution in [3.05, 3.63) is 53.1 Å². The third kappa shape index (κ3) is 7.18. The quantitative estimate of drug-likeness (QED) is 0.281. The van der Waals surface area contributed by atoms with Crippen LogP contribution < -0.4 is 24.8 Å². The van der Waals surface area contributed by atoms with Gasteiger partial charge in [0.25, 0.3) is 5.91 Å². The highest BCUT2D eigenvalue weighted by Gasteiger charge is 2.16. The first-order valence-corrected chi connectivity index (χ1v) is 9.98. The maximum absolute atomic E-state index is 12.1. The van der Waals surface area contributed by atoms with Crippen LogP contribution >= 0.6 is 24.0 Å². The van der Waals surface area contributed by atoms with Crippen LogP contribution in [0, 0.1) is 0 Å². The van der Waals surface area contributed by atoms with E-state index in [9.17, 15) is 4.79 Å². The Bertz CT molecular complexity index is 919. The van der Waals surface area contributed by atoms with Crippen LogP contribution in [0.5, 0.6) is 17.2 Å². The van der Waals surface area contributed by atoms with Gasteiger partial charge in [0.05, 0.1) is 21.3 Å². The van der Waals surface area contributed by atoms with Crippen LogP contribution in [0.25, 0.3) is 0 Å². The second-order valence-electron chi connectivity index (χ2n) is 7.00. The van der Waals surface area contributed by atoms with E-state index in [1.165, 1.54) is 0 Å². The lowest BCUT2D eigenvalue weighted by atomic mass is 10.1. The molecule has 0 bridgehead atoms. The third-order valence-electron chi connectivity index (χ3n) is 4.74. The van der Waals surface area contributed by atoms with Gasteiger partial charge in [0.2, 0.25) is 5.75 Å². The molecule has 0 saturated carbocycles. The number of carbonyl (C=O) groups is 1. The van der Waals surface area contributed by atoms with Gasteiger partial charge in [-0.2, -0.15) is 0 Å². The van der Waals surface area contributed by atoms with Crippen molar-refractivity contribution in [2.45, 2.75) is 13.0 Å². The molecule has 0 unspecified atom stereocenters. The van der Waals surface area contributed by atoms with Crippen molar-refractivity contribution >= 4 is 35.8 Å². The Labute approximate surface area is 207 Å². The van der Waals surface area contributed by atoms with E-state index in [-0.39, 0.29) is 29.9 Å². The molecule has 176 valence electrons. The summed E-state index contributed by atoms with van der Waals surface area (Å²) < 4.78 is 16.3. The smallest absolute Gasteiger partial charge is 0.253 e. The Balaban J connectivity index is 0.00000512. The molecule has 0 spiro atoms. The number of halogens is 1. The molecule has 2 N–H and O–H groups in total. The molecule has 2 aromatic rings. The molecule has 1 amide bonds. The summed E-state index contributed by atoms with van der Waals surface area (Å²) in [5.41, 5.74) is 2.68. The monoisotopic (exact) mass is 556 g/mol. The molecule has 8 nitrogen and oxygen atoms in total. The van der Waals surface area contributed by atoms with Crippen molar-refractivity contribution in [3.8, 4) is 17.2 Å². The molecule has 0 heterocycles. The Morgan fingerprint density at radius 1 is 1.00 bits per heavy atom. The van der Waals surface area contributed by atoms with Crippen LogP contribution in [0.1, 0.15) is 21.5 Å². The first-order valence-electron chi connectivity index (χ1n) is 9.98. The van der Waals surface area contributed by atoms with E-state index in [0.29, 0.717) is 41.9 Å². The molecule has 0 aliphatic heterocycles. The number of rotatable bonds is 9. The molecule has 0 saturated heterocycles. The molecule has 0 aliphatic rings. The summed E-state index contributed by atoms with van der Waals surface area (Å²) in [5, 5.41) is 6.58. The van der Waals surface area contributed by atoms with Crippen LogP contribution in [0.3, 0.4) is 0 Å². The third-order valence-corrected chi connectivity index (χ3v) is 4.74. The van der Waals surface area contributed by atoms with E-state index in [4.69, 9.17) is 14.2 Å². The van der Waals surface area contributed by atoms with Gasteiger partial charge in [-0.05, 0) is 36.2 Å². The van der Waals surface area contributed by atoms with Gasteiger partial charge >= 0.3 is 0 Å². The van der Waals surface area contributed by atoms with E-state index in [1.807, 2.05) is 36.4 Å². The number of hydrogen-bond acceptors (Lipinski definition) is 5. The van der Waals surface area contributed by atoms with Gasteiger partial charge in [-0.1, -0.05) is 12.1 Å².